The van der Waals surface area contributed by atoms with E-state index in [0.717, 1.165) is 5.56 Å². The molecule has 1 aromatic heterocycles. The van der Waals surface area contributed by atoms with Gasteiger partial charge in [0.25, 0.3) is 0 Å². The van der Waals surface area contributed by atoms with Gasteiger partial charge in [-0.2, -0.15) is 0 Å². The number of amides is 1. The van der Waals surface area contributed by atoms with Crippen LogP contribution in [0.25, 0.3) is 10.6 Å². The van der Waals surface area contributed by atoms with Crippen molar-refractivity contribution in [1.29, 1.82) is 0 Å². The normalized spacial score (nSPS) is 18.5. The van der Waals surface area contributed by atoms with Gasteiger partial charge in [-0.25, -0.2) is 0 Å². The fraction of sp³-hybridized carbons (Fsp3) is 0.231. The van der Waals surface area contributed by atoms with Gasteiger partial charge in [0, 0.05) is 18.5 Å². The highest BCUT2D eigenvalue weighted by Crippen LogP contribution is 2.32. The van der Waals surface area contributed by atoms with Gasteiger partial charge in [-0.15, -0.1) is 10.2 Å². The number of nitrogens with zero attached hydrogens (tertiary/aromatic N) is 3. The number of hydrogen-bond acceptors (Lipinski definition) is 5. The molecular formula is C13H11N3O3S. The number of anilines is 1. The van der Waals surface area contributed by atoms with Crippen molar-refractivity contribution in [2.45, 2.75) is 6.42 Å². The Morgan fingerprint density at radius 1 is 1.30 bits per heavy atom. The Morgan fingerprint density at radius 2 is 2.05 bits per heavy atom. The number of aromatic nitrogens is 2. The Morgan fingerprint density at radius 3 is 2.70 bits per heavy atom. The highest BCUT2D eigenvalue weighted by Gasteiger charge is 2.36. The van der Waals surface area contributed by atoms with Gasteiger partial charge in [-0.05, 0) is 0 Å². The van der Waals surface area contributed by atoms with Crippen molar-refractivity contribution in [3.8, 4) is 10.6 Å². The Hall–Kier alpha value is -2.28. The molecular weight excluding hydrogens is 278 g/mol. The Balaban J connectivity index is 1.84. The van der Waals surface area contributed by atoms with Crippen LogP contribution >= 0.6 is 11.3 Å². The highest BCUT2D eigenvalue weighted by molar-refractivity contribution is 7.18. The summed E-state index contributed by atoms with van der Waals surface area (Å²) in [5.74, 6) is -1.83. The van der Waals surface area contributed by atoms with Crippen LogP contribution in [0, 0.1) is 5.92 Å². The molecule has 3 rings (SSSR count). The molecule has 1 atom stereocenters. The number of benzene rings is 1. The molecule has 0 spiro atoms. The molecule has 0 aliphatic carbocycles. The molecule has 0 saturated carbocycles. The summed E-state index contributed by atoms with van der Waals surface area (Å²) in [6.07, 6.45) is 0.0234. The van der Waals surface area contributed by atoms with E-state index in [0.29, 0.717) is 10.1 Å². The fourth-order valence-corrected chi connectivity index (χ4v) is 2.96. The van der Waals surface area contributed by atoms with Crippen molar-refractivity contribution in [2.75, 3.05) is 11.4 Å². The molecule has 7 heteroatoms. The molecule has 102 valence electrons. The second kappa shape index (κ2) is 5.01. The van der Waals surface area contributed by atoms with Gasteiger partial charge in [0.2, 0.25) is 11.0 Å². The van der Waals surface area contributed by atoms with Gasteiger partial charge >= 0.3 is 5.97 Å². The van der Waals surface area contributed by atoms with Gasteiger partial charge in [-0.3, -0.25) is 14.5 Å². The number of carboxylic acids is 1. The van der Waals surface area contributed by atoms with E-state index < -0.39 is 11.9 Å². The zero-order valence-electron chi connectivity index (χ0n) is 10.4. The van der Waals surface area contributed by atoms with Gasteiger partial charge in [0.1, 0.15) is 5.01 Å². The zero-order valence-corrected chi connectivity index (χ0v) is 11.2. The summed E-state index contributed by atoms with van der Waals surface area (Å²) in [5, 5.41) is 18.2. The van der Waals surface area contributed by atoms with Crippen LogP contribution in [0.3, 0.4) is 0 Å². The minimum atomic E-state index is -0.950. The minimum Gasteiger partial charge on any atom is -0.481 e. The van der Waals surface area contributed by atoms with Crippen molar-refractivity contribution < 1.29 is 14.7 Å². The smallest absolute Gasteiger partial charge is 0.308 e. The van der Waals surface area contributed by atoms with Crippen molar-refractivity contribution in [3.05, 3.63) is 30.3 Å². The van der Waals surface area contributed by atoms with Gasteiger partial charge in [-0.1, -0.05) is 41.7 Å². The van der Waals surface area contributed by atoms with Crippen LogP contribution < -0.4 is 4.90 Å². The molecule has 1 aliphatic heterocycles. The highest BCUT2D eigenvalue weighted by atomic mass is 32.1. The monoisotopic (exact) mass is 289 g/mol. The van der Waals surface area contributed by atoms with Crippen molar-refractivity contribution in [2.24, 2.45) is 5.92 Å². The van der Waals surface area contributed by atoms with E-state index in [1.807, 2.05) is 30.3 Å². The second-order valence-electron chi connectivity index (χ2n) is 4.50. The van der Waals surface area contributed by atoms with E-state index in [-0.39, 0.29) is 18.9 Å². The topological polar surface area (TPSA) is 83.4 Å². The molecule has 0 bridgehead atoms. The number of carbonyl (C=O) groups is 2. The maximum absolute atomic E-state index is 11.8. The van der Waals surface area contributed by atoms with Crippen LogP contribution in [0.2, 0.25) is 0 Å². The van der Waals surface area contributed by atoms with E-state index in [4.69, 9.17) is 5.11 Å². The molecule has 1 amide bonds. The van der Waals surface area contributed by atoms with Crippen LogP contribution in [-0.4, -0.2) is 33.7 Å². The lowest BCUT2D eigenvalue weighted by molar-refractivity contribution is -0.141. The zero-order chi connectivity index (χ0) is 14.1. The summed E-state index contributed by atoms with van der Waals surface area (Å²) in [5.41, 5.74) is 0.928. The first-order chi connectivity index (χ1) is 9.65. The molecule has 1 fully saturated rings. The van der Waals surface area contributed by atoms with Gasteiger partial charge in [0.05, 0.1) is 5.92 Å². The Labute approximate surface area is 118 Å². The predicted molar refractivity (Wildman–Crippen MR) is 73.4 cm³/mol. The molecule has 0 radical (unpaired) electrons. The van der Waals surface area contributed by atoms with Crippen molar-refractivity contribution in [3.63, 3.8) is 0 Å². The van der Waals surface area contributed by atoms with Crippen molar-refractivity contribution in [1.82, 2.24) is 10.2 Å². The first-order valence-electron chi connectivity index (χ1n) is 6.07. The van der Waals surface area contributed by atoms with Crippen molar-refractivity contribution >= 4 is 28.3 Å². The lowest BCUT2D eigenvalue weighted by Gasteiger charge is -2.10. The molecule has 20 heavy (non-hydrogen) atoms. The standard InChI is InChI=1S/C13H11N3O3S/c17-10-6-9(12(18)19)7-16(10)13-15-14-11(20-13)8-4-2-1-3-5-8/h1-5,9H,6-7H2,(H,18,19). The predicted octanol–water partition coefficient (Wildman–Crippen LogP) is 1.64. The summed E-state index contributed by atoms with van der Waals surface area (Å²) in [7, 11) is 0. The van der Waals surface area contributed by atoms with E-state index >= 15 is 0 Å². The number of carbonyl (C=O) groups excluding carboxylic acids is 1. The van der Waals surface area contributed by atoms with E-state index in [1.54, 1.807) is 0 Å². The molecule has 2 heterocycles. The molecule has 1 unspecified atom stereocenters. The van der Waals surface area contributed by atoms with Gasteiger partial charge in [0.15, 0.2) is 0 Å². The Kier molecular flexibility index (Phi) is 3.19. The van der Waals surface area contributed by atoms with E-state index in [1.165, 1.54) is 16.2 Å². The second-order valence-corrected chi connectivity index (χ2v) is 5.46. The number of hydrogen-bond donors (Lipinski definition) is 1. The fourth-order valence-electron chi connectivity index (χ4n) is 2.08. The number of aliphatic carboxylic acids is 1. The lowest BCUT2D eigenvalue weighted by Crippen LogP contribution is -2.25. The third kappa shape index (κ3) is 2.27. The van der Waals surface area contributed by atoms with Crippen LogP contribution in [-0.2, 0) is 9.59 Å². The molecule has 1 aromatic carbocycles. The maximum atomic E-state index is 11.8. The minimum absolute atomic E-state index is 0.0234. The molecule has 6 nitrogen and oxygen atoms in total. The first-order valence-corrected chi connectivity index (χ1v) is 6.89. The Bertz CT molecular complexity index is 656. The summed E-state index contributed by atoms with van der Waals surface area (Å²) in [6.45, 7) is 0.164. The molecule has 1 saturated heterocycles. The molecule has 2 aromatic rings. The quantitative estimate of drug-likeness (QED) is 0.928. The number of carboxylic acid groups (broad SMARTS) is 1. The SMILES string of the molecule is O=C(O)C1CC(=O)N(c2nnc(-c3ccccc3)s2)C1. The molecule has 1 aliphatic rings. The average molecular weight is 289 g/mol. The third-order valence-corrected chi connectivity index (χ3v) is 4.14. The van der Waals surface area contributed by atoms with Crippen LogP contribution in [0.1, 0.15) is 6.42 Å². The van der Waals surface area contributed by atoms with Crippen LogP contribution in [0.4, 0.5) is 5.13 Å². The summed E-state index contributed by atoms with van der Waals surface area (Å²) in [4.78, 5) is 24.2. The summed E-state index contributed by atoms with van der Waals surface area (Å²) >= 11 is 1.29. The van der Waals surface area contributed by atoms with Crippen LogP contribution in [0.15, 0.2) is 30.3 Å². The first kappa shape index (κ1) is 12.7. The number of rotatable bonds is 3. The summed E-state index contributed by atoms with van der Waals surface area (Å²) < 4.78 is 0. The average Bonchev–Trinajstić information content (AvgIpc) is 3.06. The lowest BCUT2D eigenvalue weighted by atomic mass is 10.1. The van der Waals surface area contributed by atoms with Crippen LogP contribution in [0.5, 0.6) is 0 Å². The maximum Gasteiger partial charge on any atom is 0.308 e. The third-order valence-electron chi connectivity index (χ3n) is 3.14. The largest absolute Gasteiger partial charge is 0.481 e. The summed E-state index contributed by atoms with van der Waals surface area (Å²) in [6, 6.07) is 9.54. The molecule has 1 N–H and O–H groups in total. The van der Waals surface area contributed by atoms with E-state index in [9.17, 15) is 9.59 Å². The van der Waals surface area contributed by atoms with Gasteiger partial charge < -0.3 is 5.11 Å². The van der Waals surface area contributed by atoms with E-state index in [2.05, 4.69) is 10.2 Å².